The third kappa shape index (κ3) is 8.90. The second-order valence-electron chi connectivity index (χ2n) is 10.9. The van der Waals surface area contributed by atoms with Crippen molar-refractivity contribution in [3.8, 4) is 11.5 Å². The SMILES string of the molecule is CCCCN(CC)S(=O)Oc1ccc(N=Nc2c(C)cc3cc(S(=O)(=O)O)c(N=Nc4cc(C(=O)OC)ccc4C(=O)OC)c(O)c3c2N)cc1. The number of azo groups is 2. The predicted molar refractivity (Wildman–Crippen MR) is 189 cm³/mol. The normalized spacial score (nSPS) is 12.5. The number of hydrogen-bond acceptors (Lipinski definition) is 14. The molecule has 4 rings (SSSR count). The molecule has 0 aliphatic rings. The molecular formula is C33H36N6O10S2. The minimum absolute atomic E-state index is 0.0192. The molecule has 0 fully saturated rings. The third-order valence-corrected chi connectivity index (χ3v) is 9.56. The maximum atomic E-state index is 12.6. The van der Waals surface area contributed by atoms with Gasteiger partial charge < -0.3 is 24.5 Å². The number of nitrogens with zero attached hydrogens (tertiary/aromatic N) is 5. The van der Waals surface area contributed by atoms with Crippen LogP contribution in [0, 0.1) is 6.92 Å². The van der Waals surface area contributed by atoms with E-state index in [1.807, 2.05) is 13.8 Å². The van der Waals surface area contributed by atoms with Gasteiger partial charge in [-0.3, -0.25) is 4.55 Å². The number of anilines is 1. The molecule has 1 unspecified atom stereocenters. The van der Waals surface area contributed by atoms with E-state index in [0.29, 0.717) is 30.1 Å². The highest BCUT2D eigenvalue weighted by Gasteiger charge is 2.25. The highest BCUT2D eigenvalue weighted by molar-refractivity contribution is 7.86. The second kappa shape index (κ2) is 16.6. The molecule has 4 N–H and O–H groups in total. The lowest BCUT2D eigenvalue weighted by Gasteiger charge is -2.18. The Kier molecular flexibility index (Phi) is 12.5. The minimum atomic E-state index is -5.01. The zero-order valence-corrected chi connectivity index (χ0v) is 29.9. The number of rotatable bonds is 14. The summed E-state index contributed by atoms with van der Waals surface area (Å²) in [7, 11) is -2.74. The summed E-state index contributed by atoms with van der Waals surface area (Å²) in [6.45, 7) is 6.77. The van der Waals surface area contributed by atoms with Crippen LogP contribution in [-0.2, 0) is 30.9 Å². The van der Waals surface area contributed by atoms with Crippen molar-refractivity contribution in [2.45, 2.75) is 38.5 Å². The first kappa shape index (κ1) is 38.5. The van der Waals surface area contributed by atoms with Gasteiger partial charge in [0.05, 0.1) is 42.1 Å². The fourth-order valence-corrected chi connectivity index (χ4v) is 6.37. The Morgan fingerprint density at radius 1 is 0.922 bits per heavy atom. The average molecular weight is 741 g/mol. The number of aryl methyl sites for hydroxylation is 1. The zero-order chi connectivity index (χ0) is 37.5. The van der Waals surface area contributed by atoms with E-state index in [9.17, 15) is 31.9 Å². The van der Waals surface area contributed by atoms with E-state index in [1.165, 1.54) is 18.2 Å². The van der Waals surface area contributed by atoms with Crippen LogP contribution in [0.3, 0.4) is 0 Å². The summed E-state index contributed by atoms with van der Waals surface area (Å²) in [6.07, 6.45) is 1.84. The second-order valence-corrected chi connectivity index (χ2v) is 13.4. The van der Waals surface area contributed by atoms with Crippen LogP contribution >= 0.6 is 0 Å². The first-order valence-electron chi connectivity index (χ1n) is 15.4. The van der Waals surface area contributed by atoms with Crippen LogP contribution in [0.25, 0.3) is 10.8 Å². The van der Waals surface area contributed by atoms with E-state index in [0.717, 1.165) is 39.2 Å². The summed E-state index contributed by atoms with van der Waals surface area (Å²) in [6, 6.07) is 12.5. The number of ether oxygens (including phenoxy) is 2. The fraction of sp³-hybridized carbons (Fsp3) is 0.273. The van der Waals surface area contributed by atoms with Crippen LogP contribution in [0.4, 0.5) is 28.4 Å². The molecule has 4 aromatic carbocycles. The Morgan fingerprint density at radius 3 is 2.20 bits per heavy atom. The monoisotopic (exact) mass is 740 g/mol. The smallest absolute Gasteiger partial charge is 0.340 e. The van der Waals surface area contributed by atoms with Gasteiger partial charge in [0.25, 0.3) is 21.4 Å². The Bertz CT molecular complexity index is 2160. The molecule has 0 saturated carbocycles. The quantitative estimate of drug-likeness (QED) is 0.0507. The fourth-order valence-electron chi connectivity index (χ4n) is 4.84. The van der Waals surface area contributed by atoms with Gasteiger partial charge in [-0.25, -0.2) is 9.59 Å². The molecule has 0 aliphatic heterocycles. The minimum Gasteiger partial charge on any atom is -0.505 e. The van der Waals surface area contributed by atoms with Crippen LogP contribution < -0.4 is 9.92 Å². The molecule has 0 radical (unpaired) electrons. The van der Waals surface area contributed by atoms with Crippen molar-refractivity contribution >= 4 is 72.5 Å². The van der Waals surface area contributed by atoms with Gasteiger partial charge in [0.15, 0.2) is 5.75 Å². The van der Waals surface area contributed by atoms with Crippen molar-refractivity contribution in [2.75, 3.05) is 33.0 Å². The van der Waals surface area contributed by atoms with Crippen LogP contribution in [0.15, 0.2) is 79.9 Å². The van der Waals surface area contributed by atoms with Gasteiger partial charge in [0.1, 0.15) is 27.7 Å². The van der Waals surface area contributed by atoms with Crippen LogP contribution in [0.5, 0.6) is 11.5 Å². The Morgan fingerprint density at radius 2 is 1.59 bits per heavy atom. The van der Waals surface area contributed by atoms with Gasteiger partial charge in [-0.15, -0.1) is 15.3 Å². The molecule has 16 nitrogen and oxygen atoms in total. The van der Waals surface area contributed by atoms with E-state index >= 15 is 0 Å². The van der Waals surface area contributed by atoms with Crippen molar-refractivity contribution < 1.29 is 45.5 Å². The van der Waals surface area contributed by atoms with E-state index in [4.69, 9.17) is 19.4 Å². The lowest BCUT2D eigenvalue weighted by Crippen LogP contribution is -2.29. The number of benzene rings is 4. The van der Waals surface area contributed by atoms with Crippen LogP contribution in [0.1, 0.15) is 53.0 Å². The summed E-state index contributed by atoms with van der Waals surface area (Å²) in [5.41, 5.74) is 6.20. The molecule has 0 saturated heterocycles. The first-order valence-corrected chi connectivity index (χ1v) is 17.9. The Balaban J connectivity index is 1.75. The van der Waals surface area contributed by atoms with Gasteiger partial charge in [-0.2, -0.15) is 22.0 Å². The number of esters is 2. The molecule has 18 heteroatoms. The number of nitrogen functional groups attached to an aromatic ring is 1. The topological polar surface area (TPSA) is 232 Å². The van der Waals surface area contributed by atoms with Crippen LogP contribution in [-0.4, -0.2) is 65.8 Å². The summed E-state index contributed by atoms with van der Waals surface area (Å²) in [5, 5.41) is 27.7. The number of fused-ring (bicyclic) bond motifs is 1. The van der Waals surface area contributed by atoms with Crippen molar-refractivity contribution in [1.82, 2.24) is 4.31 Å². The van der Waals surface area contributed by atoms with Crippen molar-refractivity contribution in [2.24, 2.45) is 20.5 Å². The highest BCUT2D eigenvalue weighted by atomic mass is 32.2. The summed E-state index contributed by atoms with van der Waals surface area (Å²) in [5.74, 6) is -2.03. The number of unbranched alkanes of at least 4 members (excludes halogenated alkanes) is 1. The number of nitrogens with two attached hydrogens (primary N) is 1. The molecule has 4 aromatic rings. The summed E-state index contributed by atoms with van der Waals surface area (Å²) >= 11 is -1.67. The number of phenolic OH excluding ortho intramolecular Hbond substituents is 1. The van der Waals surface area contributed by atoms with Crippen molar-refractivity contribution in [3.05, 3.63) is 71.3 Å². The largest absolute Gasteiger partial charge is 0.505 e. The number of carbonyl (C=O) groups is 2. The lowest BCUT2D eigenvalue weighted by atomic mass is 10.0. The predicted octanol–water partition coefficient (Wildman–Crippen LogP) is 7.17. The summed E-state index contributed by atoms with van der Waals surface area (Å²) in [4.78, 5) is 23.7. The molecule has 0 bridgehead atoms. The van der Waals surface area contributed by atoms with Gasteiger partial charge in [0.2, 0.25) is 0 Å². The van der Waals surface area contributed by atoms with Crippen molar-refractivity contribution in [3.63, 3.8) is 0 Å². The number of phenols is 1. The Labute approximate surface area is 296 Å². The highest BCUT2D eigenvalue weighted by Crippen LogP contribution is 2.47. The average Bonchev–Trinajstić information content (AvgIpc) is 3.10. The molecule has 270 valence electrons. The molecular weight excluding hydrogens is 705 g/mol. The molecule has 0 aromatic heterocycles. The number of methoxy groups -OCH3 is 2. The van der Waals surface area contributed by atoms with E-state index < -0.39 is 49.7 Å². The first-order chi connectivity index (χ1) is 24.2. The Hall–Kier alpha value is -5.30. The third-order valence-electron chi connectivity index (χ3n) is 7.49. The molecule has 51 heavy (non-hydrogen) atoms. The van der Waals surface area contributed by atoms with E-state index in [2.05, 4.69) is 20.5 Å². The van der Waals surface area contributed by atoms with E-state index in [-0.39, 0.29) is 39.0 Å². The van der Waals surface area contributed by atoms with Gasteiger partial charge in [0, 0.05) is 13.1 Å². The standard InChI is InChI=1S/C33H36N6O10S2/c1-6-8-15-39(7-2)50(43)49-23-12-10-22(11-13-23)35-37-29-19(3)16-21-18-26(51(44,45)46)30(31(40)27(21)28(29)34)38-36-25-17-20(32(41)47-4)9-14-24(25)33(42)48-5/h9-14,16-18,40H,6-8,15,34H2,1-5H3,(H,44,45,46). The van der Waals surface area contributed by atoms with Gasteiger partial charge in [-0.1, -0.05) is 20.3 Å². The maximum absolute atomic E-state index is 12.6. The summed E-state index contributed by atoms with van der Waals surface area (Å²) < 4.78 is 64.3. The molecule has 0 heterocycles. The molecule has 0 aliphatic carbocycles. The van der Waals surface area contributed by atoms with Crippen LogP contribution in [0.2, 0.25) is 0 Å². The van der Waals surface area contributed by atoms with Crippen molar-refractivity contribution in [1.29, 1.82) is 0 Å². The molecule has 1 atom stereocenters. The lowest BCUT2D eigenvalue weighted by molar-refractivity contribution is 0.0587. The molecule has 0 amide bonds. The zero-order valence-electron chi connectivity index (χ0n) is 28.3. The number of aromatic hydroxyl groups is 1. The molecule has 0 spiro atoms. The van der Waals surface area contributed by atoms with Gasteiger partial charge >= 0.3 is 11.9 Å². The van der Waals surface area contributed by atoms with E-state index in [1.54, 1.807) is 35.5 Å². The number of hydrogen-bond donors (Lipinski definition) is 3. The van der Waals surface area contributed by atoms with Gasteiger partial charge in [-0.05, 0) is 78.9 Å². The maximum Gasteiger partial charge on any atom is 0.340 e. The number of carbonyl (C=O) groups excluding carboxylic acids is 2.